The number of aromatic nitrogens is 4. The summed E-state index contributed by atoms with van der Waals surface area (Å²) in [7, 11) is 0. The Balaban J connectivity index is 0.000000148. The van der Waals surface area contributed by atoms with Crippen molar-refractivity contribution in [2.45, 2.75) is 26.9 Å². The Morgan fingerprint density at radius 2 is 0.889 bits per heavy atom. The van der Waals surface area contributed by atoms with Crippen LogP contribution in [0.4, 0.5) is 0 Å². The molecule has 6 rings (SSSR count). The van der Waals surface area contributed by atoms with E-state index >= 15 is 0 Å². The maximum Gasteiger partial charge on any atom is 0.107 e. The highest BCUT2D eigenvalue weighted by Gasteiger charge is 2.08. The van der Waals surface area contributed by atoms with Gasteiger partial charge in [0.2, 0.25) is 0 Å². The van der Waals surface area contributed by atoms with E-state index in [4.69, 9.17) is 23.2 Å². The van der Waals surface area contributed by atoms with Crippen molar-refractivity contribution in [2.75, 3.05) is 0 Å². The fraction of sp³-hybridized carbons (Fsp3) is 0.133. The van der Waals surface area contributed by atoms with E-state index in [0.717, 1.165) is 45.8 Å². The van der Waals surface area contributed by atoms with Crippen LogP contribution < -0.4 is 0 Å². The summed E-state index contributed by atoms with van der Waals surface area (Å²) >= 11 is 11.8. The van der Waals surface area contributed by atoms with E-state index in [1.807, 2.05) is 74.5 Å². The van der Waals surface area contributed by atoms with Crippen molar-refractivity contribution >= 4 is 45.3 Å². The van der Waals surface area contributed by atoms with E-state index in [1.165, 1.54) is 22.2 Å². The molecule has 0 fully saturated rings. The Hall–Kier alpha value is -3.60. The van der Waals surface area contributed by atoms with Gasteiger partial charge >= 0.3 is 0 Å². The summed E-state index contributed by atoms with van der Waals surface area (Å²) in [6.07, 6.45) is 0. The molecule has 0 bridgehead atoms. The normalized spacial score (nSPS) is 11.0. The van der Waals surface area contributed by atoms with Gasteiger partial charge in [-0.25, -0.2) is 9.97 Å². The average molecular weight is 513 g/mol. The number of hydrogen-bond acceptors (Lipinski definition) is 2. The first kappa shape index (κ1) is 24.1. The molecule has 0 aliphatic heterocycles. The van der Waals surface area contributed by atoms with Gasteiger partial charge in [0.05, 0.1) is 22.1 Å². The molecule has 6 aromatic rings. The minimum Gasteiger partial charge on any atom is -0.324 e. The van der Waals surface area contributed by atoms with Crippen molar-refractivity contribution in [3.05, 3.63) is 130 Å². The largest absolute Gasteiger partial charge is 0.324 e. The molecule has 0 atom stereocenters. The molecule has 180 valence electrons. The van der Waals surface area contributed by atoms with Crippen LogP contribution in [0, 0.1) is 13.8 Å². The molecule has 0 unspecified atom stereocenters. The van der Waals surface area contributed by atoms with Gasteiger partial charge in [0.1, 0.15) is 11.6 Å². The number of aryl methyl sites for hydroxylation is 2. The summed E-state index contributed by atoms with van der Waals surface area (Å²) in [4.78, 5) is 9.13. The minimum absolute atomic E-state index is 0.769. The van der Waals surface area contributed by atoms with Crippen molar-refractivity contribution in [1.82, 2.24) is 19.1 Å². The van der Waals surface area contributed by atoms with Crippen LogP contribution >= 0.6 is 23.2 Å². The third kappa shape index (κ3) is 5.30. The second-order valence-electron chi connectivity index (χ2n) is 8.72. The Morgan fingerprint density at radius 1 is 0.528 bits per heavy atom. The zero-order valence-electron chi connectivity index (χ0n) is 20.2. The molecule has 2 aromatic heterocycles. The number of benzene rings is 4. The fourth-order valence-corrected chi connectivity index (χ4v) is 4.59. The molecule has 0 N–H and O–H groups in total. The van der Waals surface area contributed by atoms with Gasteiger partial charge in [-0.1, -0.05) is 71.7 Å². The molecule has 0 spiro atoms. The van der Waals surface area contributed by atoms with Gasteiger partial charge in [0.25, 0.3) is 0 Å². The van der Waals surface area contributed by atoms with E-state index in [9.17, 15) is 0 Å². The van der Waals surface area contributed by atoms with Gasteiger partial charge in [0, 0.05) is 23.1 Å². The number of halogens is 2. The molecule has 2 heterocycles. The van der Waals surface area contributed by atoms with E-state index in [1.54, 1.807) is 0 Å². The van der Waals surface area contributed by atoms with Gasteiger partial charge in [-0.3, -0.25) is 0 Å². The van der Waals surface area contributed by atoms with Crippen LogP contribution in [0.5, 0.6) is 0 Å². The maximum absolute atomic E-state index is 5.90. The van der Waals surface area contributed by atoms with E-state index in [0.29, 0.717) is 0 Å². The van der Waals surface area contributed by atoms with Crippen LogP contribution in [0.3, 0.4) is 0 Å². The average Bonchev–Trinajstić information content (AvgIpc) is 3.37. The van der Waals surface area contributed by atoms with Gasteiger partial charge in [-0.15, -0.1) is 0 Å². The number of nitrogens with zero attached hydrogens (tertiary/aromatic N) is 4. The lowest BCUT2D eigenvalue weighted by Gasteiger charge is -2.07. The predicted octanol–water partition coefficient (Wildman–Crippen LogP) is 8.09. The smallest absolute Gasteiger partial charge is 0.107 e. The second-order valence-corrected chi connectivity index (χ2v) is 9.59. The summed E-state index contributed by atoms with van der Waals surface area (Å²) < 4.78 is 4.44. The summed E-state index contributed by atoms with van der Waals surface area (Å²) in [6.45, 7) is 5.72. The molecule has 4 aromatic carbocycles. The van der Waals surface area contributed by atoms with Crippen molar-refractivity contribution in [2.24, 2.45) is 0 Å². The summed E-state index contributed by atoms with van der Waals surface area (Å²) in [5.74, 6) is 2.07. The second kappa shape index (κ2) is 10.6. The first-order valence-corrected chi connectivity index (χ1v) is 12.6. The SMILES string of the molecule is Cc1nc2ccccc2n1Cc1ccc(Cl)cc1.Cc1nc2ccccc2n1Cc1ccc(Cl)cc1. The first-order valence-electron chi connectivity index (χ1n) is 11.8. The van der Waals surface area contributed by atoms with Gasteiger partial charge < -0.3 is 9.13 Å². The lowest BCUT2D eigenvalue weighted by Crippen LogP contribution is -2.01. The Kier molecular flexibility index (Phi) is 7.08. The predicted molar refractivity (Wildman–Crippen MR) is 150 cm³/mol. The van der Waals surface area contributed by atoms with Crippen LogP contribution in [-0.2, 0) is 13.1 Å². The number of imidazole rings is 2. The van der Waals surface area contributed by atoms with Gasteiger partial charge in [-0.05, 0) is 73.5 Å². The van der Waals surface area contributed by atoms with Crippen LogP contribution in [0.15, 0.2) is 97.1 Å². The molecular weight excluding hydrogens is 487 g/mol. The van der Waals surface area contributed by atoms with Crippen molar-refractivity contribution in [3.63, 3.8) is 0 Å². The minimum atomic E-state index is 0.769. The molecule has 0 aliphatic carbocycles. The zero-order chi connectivity index (χ0) is 25.1. The molecule has 0 saturated heterocycles. The number of para-hydroxylation sites is 4. The molecule has 0 amide bonds. The molecular formula is C30H26Cl2N4. The summed E-state index contributed by atoms with van der Waals surface area (Å²) in [5.41, 5.74) is 6.89. The van der Waals surface area contributed by atoms with Gasteiger partial charge in [0.15, 0.2) is 0 Å². The third-order valence-electron chi connectivity index (χ3n) is 6.20. The maximum atomic E-state index is 5.90. The zero-order valence-corrected chi connectivity index (χ0v) is 21.7. The molecule has 0 saturated carbocycles. The van der Waals surface area contributed by atoms with E-state index in [-0.39, 0.29) is 0 Å². The highest BCUT2D eigenvalue weighted by molar-refractivity contribution is 6.30. The van der Waals surface area contributed by atoms with Crippen LogP contribution in [0.2, 0.25) is 10.0 Å². The van der Waals surface area contributed by atoms with E-state index in [2.05, 4.69) is 55.5 Å². The monoisotopic (exact) mass is 512 g/mol. The number of fused-ring (bicyclic) bond motifs is 2. The Bertz CT molecular complexity index is 1490. The standard InChI is InChI=1S/2C15H13ClN2/c2*1-11-17-14-4-2-3-5-15(14)18(11)10-12-6-8-13(16)9-7-12/h2*2-9H,10H2,1H3. The highest BCUT2D eigenvalue weighted by Crippen LogP contribution is 2.19. The van der Waals surface area contributed by atoms with Crippen LogP contribution in [0.1, 0.15) is 22.8 Å². The van der Waals surface area contributed by atoms with Crippen molar-refractivity contribution in [1.29, 1.82) is 0 Å². The van der Waals surface area contributed by atoms with Crippen LogP contribution in [0.25, 0.3) is 22.1 Å². The van der Waals surface area contributed by atoms with Crippen LogP contribution in [-0.4, -0.2) is 19.1 Å². The van der Waals surface area contributed by atoms with E-state index < -0.39 is 0 Å². The molecule has 0 radical (unpaired) electrons. The highest BCUT2D eigenvalue weighted by atomic mass is 35.5. The van der Waals surface area contributed by atoms with Crippen molar-refractivity contribution in [3.8, 4) is 0 Å². The molecule has 4 nitrogen and oxygen atoms in total. The number of hydrogen-bond donors (Lipinski definition) is 0. The Labute approximate surface area is 220 Å². The lowest BCUT2D eigenvalue weighted by atomic mass is 10.2. The first-order chi connectivity index (χ1) is 17.5. The van der Waals surface area contributed by atoms with Gasteiger partial charge in [-0.2, -0.15) is 0 Å². The molecule has 6 heteroatoms. The molecule has 0 aliphatic rings. The molecule has 36 heavy (non-hydrogen) atoms. The lowest BCUT2D eigenvalue weighted by molar-refractivity contribution is 0.786. The quantitative estimate of drug-likeness (QED) is 0.239. The Morgan fingerprint density at radius 3 is 1.28 bits per heavy atom. The third-order valence-corrected chi connectivity index (χ3v) is 6.70. The summed E-state index contributed by atoms with van der Waals surface area (Å²) in [5, 5.41) is 1.54. The number of rotatable bonds is 4. The topological polar surface area (TPSA) is 35.6 Å². The fourth-order valence-electron chi connectivity index (χ4n) is 4.34. The van der Waals surface area contributed by atoms with Crippen molar-refractivity contribution < 1.29 is 0 Å². The summed E-state index contributed by atoms with van der Waals surface area (Å²) in [6, 6.07) is 32.3.